The van der Waals surface area contributed by atoms with Crippen LogP contribution >= 0.6 is 0 Å². The Kier molecular flexibility index (Phi) is 1.88. The molecule has 1 aliphatic heterocycles. The van der Waals surface area contributed by atoms with Crippen LogP contribution in [0.5, 0.6) is 5.75 Å². The van der Waals surface area contributed by atoms with Crippen LogP contribution in [0.2, 0.25) is 0 Å². The number of rotatable bonds is 0. The zero-order valence-electron chi connectivity index (χ0n) is 7.71. The zero-order valence-corrected chi connectivity index (χ0v) is 7.71. The van der Waals surface area contributed by atoms with Crippen LogP contribution in [0.4, 0.5) is 5.69 Å². The first-order valence-corrected chi connectivity index (χ1v) is 4.42. The Balaban J connectivity index is 2.27. The van der Waals surface area contributed by atoms with Crippen LogP contribution in [-0.4, -0.2) is 18.7 Å². The number of nitrogens with two attached hydrogens (primary N) is 1. The lowest BCUT2D eigenvalue weighted by Crippen LogP contribution is -2.47. The fraction of sp³-hybridized carbons (Fsp3) is 0.400. The average molecular weight is 178 g/mol. The maximum atomic E-state index is 5.97. The van der Waals surface area contributed by atoms with Gasteiger partial charge in [-0.2, -0.15) is 0 Å². The molecule has 13 heavy (non-hydrogen) atoms. The molecule has 1 aromatic carbocycles. The number of para-hydroxylation sites is 2. The van der Waals surface area contributed by atoms with Crippen LogP contribution in [0.3, 0.4) is 0 Å². The second-order valence-corrected chi connectivity index (χ2v) is 3.79. The molecule has 0 spiro atoms. The van der Waals surface area contributed by atoms with E-state index >= 15 is 0 Å². The Hall–Kier alpha value is -1.22. The van der Waals surface area contributed by atoms with E-state index in [0.717, 1.165) is 18.0 Å². The molecule has 0 bridgehead atoms. The van der Waals surface area contributed by atoms with E-state index < -0.39 is 0 Å². The maximum Gasteiger partial charge on any atom is 0.142 e. The van der Waals surface area contributed by atoms with E-state index in [0.29, 0.717) is 6.61 Å². The molecule has 2 rings (SSSR count). The number of ether oxygens (including phenoxy) is 1. The van der Waals surface area contributed by atoms with Gasteiger partial charge in [0.15, 0.2) is 0 Å². The normalized spacial score (nSPS) is 26.6. The predicted octanol–water partition coefficient (Wildman–Crippen LogP) is 1.21. The molecular weight excluding hydrogens is 164 g/mol. The summed E-state index contributed by atoms with van der Waals surface area (Å²) in [6, 6.07) is 7.88. The quantitative estimate of drug-likeness (QED) is 0.627. The number of nitrogens with one attached hydrogen (secondary N) is 1. The van der Waals surface area contributed by atoms with Crippen molar-refractivity contribution in [3.8, 4) is 5.75 Å². The molecule has 0 aliphatic carbocycles. The molecule has 0 fully saturated rings. The summed E-state index contributed by atoms with van der Waals surface area (Å²) >= 11 is 0. The third kappa shape index (κ3) is 1.75. The lowest BCUT2D eigenvalue weighted by atomic mass is 10.1. The largest absolute Gasteiger partial charge is 0.489 e. The van der Waals surface area contributed by atoms with Gasteiger partial charge in [0.2, 0.25) is 0 Å². The Labute approximate surface area is 77.9 Å². The highest BCUT2D eigenvalue weighted by atomic mass is 16.5. The van der Waals surface area contributed by atoms with Crippen molar-refractivity contribution in [2.75, 3.05) is 18.5 Å². The van der Waals surface area contributed by atoms with Gasteiger partial charge in [0.1, 0.15) is 12.4 Å². The topological polar surface area (TPSA) is 47.3 Å². The summed E-state index contributed by atoms with van der Waals surface area (Å²) < 4.78 is 5.58. The van der Waals surface area contributed by atoms with Crippen molar-refractivity contribution in [3.63, 3.8) is 0 Å². The Morgan fingerprint density at radius 1 is 1.46 bits per heavy atom. The highest BCUT2D eigenvalue weighted by molar-refractivity contribution is 5.57. The molecule has 0 aromatic heterocycles. The van der Waals surface area contributed by atoms with Gasteiger partial charge in [-0.15, -0.1) is 0 Å². The molecule has 1 aromatic rings. The van der Waals surface area contributed by atoms with Gasteiger partial charge >= 0.3 is 0 Å². The second-order valence-electron chi connectivity index (χ2n) is 3.79. The van der Waals surface area contributed by atoms with Gasteiger partial charge in [-0.1, -0.05) is 12.1 Å². The lowest BCUT2D eigenvalue weighted by Gasteiger charge is -2.20. The smallest absolute Gasteiger partial charge is 0.142 e. The summed E-state index contributed by atoms with van der Waals surface area (Å²) in [7, 11) is 0. The van der Waals surface area contributed by atoms with Crippen LogP contribution < -0.4 is 15.8 Å². The summed E-state index contributed by atoms with van der Waals surface area (Å²) in [6.45, 7) is 3.27. The second kappa shape index (κ2) is 2.92. The van der Waals surface area contributed by atoms with Crippen LogP contribution in [0, 0.1) is 0 Å². The van der Waals surface area contributed by atoms with Gasteiger partial charge < -0.3 is 15.8 Å². The standard InChI is InChI=1S/C10H14N2O/c1-10(11)6-12-8-4-2-3-5-9(8)13-7-10/h2-5,12H,6-7,11H2,1H3. The Bertz CT molecular complexity index is 281. The fourth-order valence-electron chi connectivity index (χ4n) is 1.33. The highest BCUT2D eigenvalue weighted by Crippen LogP contribution is 2.26. The third-order valence-electron chi connectivity index (χ3n) is 2.13. The van der Waals surface area contributed by atoms with Crippen molar-refractivity contribution in [1.82, 2.24) is 0 Å². The molecule has 1 atom stereocenters. The van der Waals surface area contributed by atoms with E-state index in [4.69, 9.17) is 10.5 Å². The summed E-state index contributed by atoms with van der Waals surface area (Å²) in [4.78, 5) is 0. The van der Waals surface area contributed by atoms with Gasteiger partial charge in [-0.3, -0.25) is 0 Å². The Morgan fingerprint density at radius 2 is 2.23 bits per heavy atom. The summed E-state index contributed by atoms with van der Waals surface area (Å²) in [5, 5.41) is 3.27. The molecule has 1 unspecified atom stereocenters. The number of fused-ring (bicyclic) bond motifs is 1. The van der Waals surface area contributed by atoms with Gasteiger partial charge in [0.25, 0.3) is 0 Å². The number of benzene rings is 1. The zero-order chi connectivity index (χ0) is 9.31. The molecule has 0 amide bonds. The van der Waals surface area contributed by atoms with Crippen molar-refractivity contribution in [3.05, 3.63) is 24.3 Å². The van der Waals surface area contributed by atoms with Gasteiger partial charge in [-0.25, -0.2) is 0 Å². The molecular formula is C10H14N2O. The molecule has 70 valence electrons. The van der Waals surface area contributed by atoms with Gasteiger partial charge in [0.05, 0.1) is 11.2 Å². The van der Waals surface area contributed by atoms with Crippen LogP contribution in [0.25, 0.3) is 0 Å². The van der Waals surface area contributed by atoms with E-state index in [2.05, 4.69) is 5.32 Å². The van der Waals surface area contributed by atoms with Crippen LogP contribution in [0.1, 0.15) is 6.92 Å². The van der Waals surface area contributed by atoms with Crippen molar-refractivity contribution in [2.45, 2.75) is 12.5 Å². The molecule has 0 radical (unpaired) electrons. The third-order valence-corrected chi connectivity index (χ3v) is 2.13. The molecule has 1 heterocycles. The molecule has 0 saturated heterocycles. The first kappa shape index (κ1) is 8.38. The fourth-order valence-corrected chi connectivity index (χ4v) is 1.33. The SMILES string of the molecule is CC1(N)CNc2ccccc2OC1. The van der Waals surface area contributed by atoms with Gasteiger partial charge in [0, 0.05) is 6.54 Å². The van der Waals surface area contributed by atoms with Crippen molar-refractivity contribution in [1.29, 1.82) is 0 Å². The molecule has 1 aliphatic rings. The minimum Gasteiger partial charge on any atom is -0.489 e. The number of hydrogen-bond acceptors (Lipinski definition) is 3. The van der Waals surface area contributed by atoms with E-state index in [9.17, 15) is 0 Å². The monoisotopic (exact) mass is 178 g/mol. The lowest BCUT2D eigenvalue weighted by molar-refractivity contribution is 0.247. The Morgan fingerprint density at radius 3 is 3.08 bits per heavy atom. The van der Waals surface area contributed by atoms with E-state index in [1.807, 2.05) is 31.2 Å². The maximum absolute atomic E-state index is 5.97. The minimum atomic E-state index is -0.293. The summed E-state index contributed by atoms with van der Waals surface area (Å²) in [5.41, 5.74) is 6.70. The van der Waals surface area contributed by atoms with Crippen molar-refractivity contribution in [2.24, 2.45) is 5.73 Å². The van der Waals surface area contributed by atoms with Gasteiger partial charge in [-0.05, 0) is 19.1 Å². The summed E-state index contributed by atoms with van der Waals surface area (Å²) in [6.07, 6.45) is 0. The highest BCUT2D eigenvalue weighted by Gasteiger charge is 2.23. The average Bonchev–Trinajstić information content (AvgIpc) is 2.27. The number of hydrogen-bond donors (Lipinski definition) is 2. The van der Waals surface area contributed by atoms with Crippen LogP contribution in [0.15, 0.2) is 24.3 Å². The van der Waals surface area contributed by atoms with Crippen LogP contribution in [-0.2, 0) is 0 Å². The number of anilines is 1. The summed E-state index contributed by atoms with van der Waals surface area (Å²) in [5.74, 6) is 0.886. The molecule has 3 nitrogen and oxygen atoms in total. The minimum absolute atomic E-state index is 0.293. The first-order valence-electron chi connectivity index (χ1n) is 4.42. The first-order chi connectivity index (χ1) is 6.17. The van der Waals surface area contributed by atoms with Crippen molar-refractivity contribution >= 4 is 5.69 Å². The van der Waals surface area contributed by atoms with Crippen molar-refractivity contribution < 1.29 is 4.74 Å². The van der Waals surface area contributed by atoms with E-state index in [1.54, 1.807) is 0 Å². The van der Waals surface area contributed by atoms with E-state index in [1.165, 1.54) is 0 Å². The molecule has 3 heteroatoms. The predicted molar refractivity (Wildman–Crippen MR) is 53.0 cm³/mol. The molecule has 0 saturated carbocycles. The molecule has 3 N–H and O–H groups in total. The van der Waals surface area contributed by atoms with E-state index in [-0.39, 0.29) is 5.54 Å².